The van der Waals surface area contributed by atoms with E-state index in [9.17, 15) is 9.59 Å². The zero-order valence-electron chi connectivity index (χ0n) is 15.2. The van der Waals surface area contributed by atoms with Crippen LogP contribution in [0.25, 0.3) is 0 Å². The predicted octanol–water partition coefficient (Wildman–Crippen LogP) is 2.75. The van der Waals surface area contributed by atoms with Crippen LogP contribution in [0, 0.1) is 0 Å². The van der Waals surface area contributed by atoms with Gasteiger partial charge in [0.1, 0.15) is 5.76 Å². The molecule has 0 fully saturated rings. The van der Waals surface area contributed by atoms with Gasteiger partial charge in [-0.3, -0.25) is 9.48 Å². The van der Waals surface area contributed by atoms with Gasteiger partial charge >= 0.3 is 5.97 Å². The van der Waals surface area contributed by atoms with Gasteiger partial charge in [0.05, 0.1) is 36.1 Å². The van der Waals surface area contributed by atoms with Crippen molar-refractivity contribution in [3.63, 3.8) is 0 Å². The number of nitrogens with one attached hydrogen (secondary N) is 1. The van der Waals surface area contributed by atoms with E-state index in [1.54, 1.807) is 28.3 Å². The minimum atomic E-state index is -0.545. The van der Waals surface area contributed by atoms with Crippen molar-refractivity contribution in [1.29, 1.82) is 0 Å². The summed E-state index contributed by atoms with van der Waals surface area (Å²) in [7, 11) is 1.28. The lowest BCUT2D eigenvalue weighted by atomic mass is 10.3. The number of methoxy groups -OCH3 is 1. The summed E-state index contributed by atoms with van der Waals surface area (Å²) in [5.41, 5.74) is 1.22. The van der Waals surface area contributed by atoms with Gasteiger partial charge in [-0.25, -0.2) is 4.79 Å². The van der Waals surface area contributed by atoms with Crippen molar-refractivity contribution in [2.45, 2.75) is 13.5 Å². The molecule has 0 spiro atoms. The maximum Gasteiger partial charge on any atom is 0.373 e. The molecule has 0 atom stereocenters. The highest BCUT2D eigenvalue weighted by Gasteiger charge is 2.12. The first kappa shape index (κ1) is 19.4. The average Bonchev–Trinajstić information content (AvgIpc) is 3.43. The third kappa shape index (κ3) is 5.07. The van der Waals surface area contributed by atoms with Crippen LogP contribution in [0.4, 0.5) is 5.69 Å². The maximum absolute atomic E-state index is 11.9. The topological polar surface area (TPSA) is 108 Å². The molecule has 9 nitrogen and oxygen atoms in total. The fraction of sp³-hybridized carbons (Fsp3) is 0.222. The van der Waals surface area contributed by atoms with Crippen molar-refractivity contribution in [3.05, 3.63) is 58.4 Å². The predicted molar refractivity (Wildman–Crippen MR) is 102 cm³/mol. The summed E-state index contributed by atoms with van der Waals surface area (Å²) in [6, 6.07) is 7.04. The Morgan fingerprint density at radius 2 is 2.21 bits per heavy atom. The second-order valence-electron chi connectivity index (χ2n) is 5.66. The number of amides is 1. The number of ether oxygens (including phenoxy) is 1. The van der Waals surface area contributed by atoms with Gasteiger partial charge in [0, 0.05) is 6.20 Å². The Labute approximate surface area is 164 Å². The Morgan fingerprint density at radius 1 is 1.36 bits per heavy atom. The Kier molecular flexibility index (Phi) is 6.22. The van der Waals surface area contributed by atoms with Crippen molar-refractivity contribution in [1.82, 2.24) is 9.78 Å². The number of nitrogens with zero attached hydrogens (tertiary/aromatic N) is 3. The van der Waals surface area contributed by atoms with Crippen molar-refractivity contribution in [2.75, 3.05) is 19.0 Å². The summed E-state index contributed by atoms with van der Waals surface area (Å²) in [5.74, 6) is -0.248. The van der Waals surface area contributed by atoms with Gasteiger partial charge in [-0.15, -0.1) is 11.3 Å². The second-order valence-corrected chi connectivity index (χ2v) is 6.61. The number of thiophene rings is 1. The lowest BCUT2D eigenvalue weighted by Crippen LogP contribution is -2.17. The van der Waals surface area contributed by atoms with E-state index >= 15 is 0 Å². The zero-order chi connectivity index (χ0) is 19.9. The monoisotopic (exact) mass is 402 g/mol. The molecule has 0 bridgehead atoms. The number of hydrogen-bond donors (Lipinski definition) is 1. The zero-order valence-corrected chi connectivity index (χ0v) is 16.1. The number of aromatic nitrogens is 2. The van der Waals surface area contributed by atoms with Gasteiger partial charge in [-0.05, 0) is 30.5 Å². The van der Waals surface area contributed by atoms with Crippen molar-refractivity contribution < 1.29 is 23.6 Å². The quantitative estimate of drug-likeness (QED) is 0.353. The van der Waals surface area contributed by atoms with Crippen LogP contribution in [0.15, 0.2) is 51.6 Å². The molecule has 0 aliphatic heterocycles. The number of rotatable bonds is 8. The first-order valence-electron chi connectivity index (χ1n) is 8.25. The third-order valence-electron chi connectivity index (χ3n) is 3.56. The molecule has 0 saturated carbocycles. The molecule has 146 valence electrons. The molecule has 1 N–H and O–H groups in total. The van der Waals surface area contributed by atoms with Crippen molar-refractivity contribution in [3.8, 4) is 0 Å². The van der Waals surface area contributed by atoms with Crippen LogP contribution >= 0.6 is 11.3 Å². The van der Waals surface area contributed by atoms with E-state index < -0.39 is 5.97 Å². The molecular formula is C18H18N4O5S. The fourth-order valence-corrected chi connectivity index (χ4v) is 2.93. The van der Waals surface area contributed by atoms with Gasteiger partial charge in [-0.1, -0.05) is 11.2 Å². The minimum absolute atomic E-state index is 0.119. The standard InChI is InChI=1S/C18H18N4O5S/c1-12(16-4-3-7-28-16)21-26-11-17(23)20-13-8-19-22(9-13)10-14-5-6-15(27-14)18(24)25-2/h3-9H,10-11H2,1-2H3,(H,20,23)/b21-12-. The largest absolute Gasteiger partial charge is 0.463 e. The number of oxime groups is 1. The van der Waals surface area contributed by atoms with E-state index in [0.29, 0.717) is 23.7 Å². The smallest absolute Gasteiger partial charge is 0.373 e. The van der Waals surface area contributed by atoms with Gasteiger partial charge in [0.25, 0.3) is 5.91 Å². The fourth-order valence-electron chi connectivity index (χ4n) is 2.26. The van der Waals surface area contributed by atoms with Crippen LogP contribution < -0.4 is 5.32 Å². The normalized spacial score (nSPS) is 11.3. The number of carbonyl (C=O) groups is 2. The van der Waals surface area contributed by atoms with Gasteiger partial charge in [-0.2, -0.15) is 5.10 Å². The van der Waals surface area contributed by atoms with E-state index in [2.05, 4.69) is 20.3 Å². The highest BCUT2D eigenvalue weighted by Crippen LogP contribution is 2.13. The molecule has 3 aromatic rings. The third-order valence-corrected chi connectivity index (χ3v) is 4.54. The number of carbonyl (C=O) groups excluding carboxylic acids is 2. The Balaban J connectivity index is 1.48. The maximum atomic E-state index is 11.9. The highest BCUT2D eigenvalue weighted by atomic mass is 32.1. The van der Waals surface area contributed by atoms with E-state index in [4.69, 9.17) is 9.25 Å². The first-order valence-corrected chi connectivity index (χ1v) is 9.13. The molecule has 0 saturated heterocycles. The molecule has 0 aromatic carbocycles. The van der Waals surface area contributed by atoms with Crippen LogP contribution in [0.1, 0.15) is 28.1 Å². The Bertz CT molecular complexity index is 974. The summed E-state index contributed by atoms with van der Waals surface area (Å²) in [4.78, 5) is 29.4. The summed E-state index contributed by atoms with van der Waals surface area (Å²) in [6.45, 7) is 1.90. The molecule has 0 unspecified atom stereocenters. The van der Waals surface area contributed by atoms with Gasteiger partial charge < -0.3 is 19.3 Å². The summed E-state index contributed by atoms with van der Waals surface area (Å²) >= 11 is 1.54. The summed E-state index contributed by atoms with van der Waals surface area (Å²) in [6.07, 6.45) is 3.14. The minimum Gasteiger partial charge on any atom is -0.463 e. The van der Waals surface area contributed by atoms with Crippen molar-refractivity contribution >= 4 is 34.6 Å². The lowest BCUT2D eigenvalue weighted by molar-refractivity contribution is -0.120. The van der Waals surface area contributed by atoms with Gasteiger partial charge in [0.2, 0.25) is 5.76 Å². The van der Waals surface area contributed by atoms with Crippen LogP contribution in [-0.2, 0) is 20.9 Å². The van der Waals surface area contributed by atoms with Crippen LogP contribution in [-0.4, -0.2) is 41.1 Å². The van der Waals surface area contributed by atoms with Gasteiger partial charge in [0.15, 0.2) is 6.61 Å². The molecule has 3 rings (SSSR count). The number of esters is 1. The second kappa shape index (κ2) is 9.00. The highest BCUT2D eigenvalue weighted by molar-refractivity contribution is 7.12. The number of anilines is 1. The molecule has 0 radical (unpaired) electrons. The molecule has 10 heteroatoms. The number of hydrogen-bond acceptors (Lipinski definition) is 8. The molecule has 3 aromatic heterocycles. The average molecular weight is 402 g/mol. The SMILES string of the molecule is COC(=O)c1ccc(Cn2cc(NC(=O)CO/N=C(/C)c3cccs3)cn2)o1. The first-order chi connectivity index (χ1) is 13.5. The lowest BCUT2D eigenvalue weighted by Gasteiger charge is -2.02. The molecule has 1 amide bonds. The van der Waals surface area contributed by atoms with E-state index in [-0.39, 0.29) is 18.3 Å². The Morgan fingerprint density at radius 3 is 2.96 bits per heavy atom. The van der Waals surface area contributed by atoms with Crippen LogP contribution in [0.2, 0.25) is 0 Å². The molecule has 0 aliphatic carbocycles. The Hall–Kier alpha value is -3.40. The molecule has 3 heterocycles. The van der Waals surface area contributed by atoms with Crippen LogP contribution in [0.3, 0.4) is 0 Å². The molecular weight excluding hydrogens is 384 g/mol. The van der Waals surface area contributed by atoms with Crippen LogP contribution in [0.5, 0.6) is 0 Å². The summed E-state index contributed by atoms with van der Waals surface area (Å²) in [5, 5.41) is 12.7. The number of furan rings is 1. The molecule has 0 aliphatic rings. The van der Waals surface area contributed by atoms with E-state index in [1.165, 1.54) is 19.4 Å². The molecule has 28 heavy (non-hydrogen) atoms. The van der Waals surface area contributed by atoms with E-state index in [0.717, 1.165) is 4.88 Å². The van der Waals surface area contributed by atoms with E-state index in [1.807, 2.05) is 24.4 Å². The van der Waals surface area contributed by atoms with Crippen molar-refractivity contribution in [2.24, 2.45) is 5.16 Å². The summed E-state index contributed by atoms with van der Waals surface area (Å²) < 4.78 is 11.5.